The van der Waals surface area contributed by atoms with Crippen molar-refractivity contribution in [2.75, 3.05) is 65.8 Å². The number of ether oxygens (including phenoxy) is 2. The molecule has 172 valence electrons. The lowest BCUT2D eigenvalue weighted by Gasteiger charge is -2.33. The second-order valence-corrected chi connectivity index (χ2v) is 8.96. The predicted octanol–water partition coefficient (Wildman–Crippen LogP) is 1.30. The molecule has 0 bridgehead atoms. The van der Waals surface area contributed by atoms with Crippen LogP contribution in [0.3, 0.4) is 0 Å². The lowest BCUT2D eigenvalue weighted by Crippen LogP contribution is -2.47. The van der Waals surface area contributed by atoms with Crippen molar-refractivity contribution in [3.63, 3.8) is 0 Å². The van der Waals surface area contributed by atoms with Crippen molar-refractivity contribution in [1.82, 2.24) is 24.7 Å². The van der Waals surface area contributed by atoms with E-state index in [1.54, 1.807) is 18.9 Å². The molecule has 3 rings (SSSR count). The summed E-state index contributed by atoms with van der Waals surface area (Å²) in [5.74, 6) is 2.30. The van der Waals surface area contributed by atoms with Gasteiger partial charge >= 0.3 is 0 Å². The van der Waals surface area contributed by atoms with Crippen molar-refractivity contribution in [3.05, 3.63) is 36.2 Å². The van der Waals surface area contributed by atoms with Gasteiger partial charge in [0.25, 0.3) is 0 Å². The van der Waals surface area contributed by atoms with E-state index in [1.807, 2.05) is 42.2 Å². The summed E-state index contributed by atoms with van der Waals surface area (Å²) in [4.78, 5) is 8.91. The third kappa shape index (κ3) is 7.69. The average Bonchev–Trinajstić information content (AvgIpc) is 3.18. The molecule has 0 amide bonds. The molecule has 31 heavy (non-hydrogen) atoms. The molecule has 0 saturated carbocycles. The molecule has 1 aliphatic rings. The summed E-state index contributed by atoms with van der Waals surface area (Å²) in [7, 11) is 5.77. The zero-order chi connectivity index (χ0) is 22.1. The first-order valence-electron chi connectivity index (χ1n) is 10.7. The van der Waals surface area contributed by atoms with E-state index in [4.69, 9.17) is 9.47 Å². The molecule has 1 aliphatic heterocycles. The molecule has 1 atom stereocenters. The summed E-state index contributed by atoms with van der Waals surface area (Å²) >= 11 is 1.73. The van der Waals surface area contributed by atoms with E-state index in [-0.39, 0.29) is 6.61 Å². The Bertz CT molecular complexity index is 795. The van der Waals surface area contributed by atoms with Crippen LogP contribution in [-0.4, -0.2) is 96.3 Å². The number of rotatable bonds is 12. The monoisotopic (exact) mass is 449 g/mol. The van der Waals surface area contributed by atoms with E-state index in [0.717, 1.165) is 55.7 Å². The molecule has 1 fully saturated rings. The summed E-state index contributed by atoms with van der Waals surface area (Å²) in [6, 6.07) is 5.94. The fraction of sp³-hybridized carbons (Fsp3) is 0.591. The van der Waals surface area contributed by atoms with Crippen LogP contribution in [-0.2, 0) is 13.6 Å². The first kappa shape index (κ1) is 23.9. The molecule has 2 aromatic rings. The third-order valence-corrected chi connectivity index (χ3v) is 6.40. The van der Waals surface area contributed by atoms with Crippen molar-refractivity contribution in [3.8, 4) is 11.5 Å². The Balaban J connectivity index is 1.42. The lowest BCUT2D eigenvalue weighted by atomic mass is 10.2. The number of nitrogens with zero attached hydrogens (tertiary/aromatic N) is 4. The minimum absolute atomic E-state index is 0.250. The van der Waals surface area contributed by atoms with E-state index < -0.39 is 6.10 Å². The van der Waals surface area contributed by atoms with E-state index in [0.29, 0.717) is 18.0 Å². The molecule has 2 heterocycles. The Kier molecular flexibility index (Phi) is 9.48. The molecule has 0 radical (unpaired) electrons. The highest BCUT2D eigenvalue weighted by molar-refractivity contribution is 7.99. The third-order valence-electron chi connectivity index (χ3n) is 5.34. The van der Waals surface area contributed by atoms with E-state index in [9.17, 15) is 5.11 Å². The number of β-amino-alcohol motifs (C(OH)–C–C–N with tert-alkyl or cyclic N) is 1. The fourth-order valence-electron chi connectivity index (χ4n) is 3.45. The number of hydrogen-bond acceptors (Lipinski definition) is 8. The van der Waals surface area contributed by atoms with Crippen LogP contribution in [0.1, 0.15) is 5.56 Å². The Morgan fingerprint density at radius 1 is 1.19 bits per heavy atom. The first-order chi connectivity index (χ1) is 15.0. The summed E-state index contributed by atoms with van der Waals surface area (Å²) < 4.78 is 13.4. The first-order valence-corrected chi connectivity index (χ1v) is 11.7. The van der Waals surface area contributed by atoms with Gasteiger partial charge in [-0.25, -0.2) is 4.98 Å². The largest absolute Gasteiger partial charge is 0.493 e. The summed E-state index contributed by atoms with van der Waals surface area (Å²) in [6.07, 6.45) is 3.24. The van der Waals surface area contributed by atoms with Gasteiger partial charge in [-0.1, -0.05) is 17.8 Å². The molecule has 1 saturated heterocycles. The molecule has 0 unspecified atom stereocenters. The number of aryl methyl sites for hydroxylation is 1. The molecule has 9 heteroatoms. The van der Waals surface area contributed by atoms with Gasteiger partial charge in [-0.05, 0) is 24.7 Å². The van der Waals surface area contributed by atoms with Crippen LogP contribution in [0.5, 0.6) is 11.5 Å². The van der Waals surface area contributed by atoms with Gasteiger partial charge < -0.3 is 29.4 Å². The van der Waals surface area contributed by atoms with Gasteiger partial charge in [-0.15, -0.1) is 0 Å². The van der Waals surface area contributed by atoms with Gasteiger partial charge in [0.05, 0.1) is 7.11 Å². The Hall–Kier alpha value is -1.78. The zero-order valence-electron chi connectivity index (χ0n) is 18.8. The number of hydrogen-bond donors (Lipinski definition) is 2. The van der Waals surface area contributed by atoms with Crippen LogP contribution in [0.25, 0.3) is 0 Å². The molecule has 8 nitrogen and oxygen atoms in total. The normalized spacial score (nSPS) is 16.4. The number of aromatic nitrogens is 2. The van der Waals surface area contributed by atoms with Crippen LogP contribution in [0, 0.1) is 0 Å². The highest BCUT2D eigenvalue weighted by atomic mass is 32.2. The fourth-order valence-corrected chi connectivity index (χ4v) is 4.28. The number of aliphatic hydroxyl groups excluding tert-OH is 1. The molecule has 0 aliphatic carbocycles. The number of nitrogens with one attached hydrogen (secondary N) is 1. The number of aliphatic hydroxyl groups is 1. The number of benzene rings is 1. The quantitative estimate of drug-likeness (QED) is 0.371. The van der Waals surface area contributed by atoms with Gasteiger partial charge in [0.15, 0.2) is 16.7 Å². The standard InChI is InChI=1S/C22H35N5O3S/c1-25-9-11-27(12-10-25)16-19(28)17-30-21-14-18(4-5-20(21)29-3)15-23-7-13-31-22-24-6-8-26(22)2/h4-6,8,14,19,23,28H,7,9-13,15-17H2,1-3H3/t19-/m0/s1. The lowest BCUT2D eigenvalue weighted by molar-refractivity contribution is 0.0498. The van der Waals surface area contributed by atoms with Crippen molar-refractivity contribution >= 4 is 11.8 Å². The van der Waals surface area contributed by atoms with Crippen molar-refractivity contribution in [1.29, 1.82) is 0 Å². The molecule has 1 aromatic heterocycles. The van der Waals surface area contributed by atoms with Crippen LogP contribution < -0.4 is 14.8 Å². The smallest absolute Gasteiger partial charge is 0.167 e. The number of piperazine rings is 1. The van der Waals surface area contributed by atoms with Crippen LogP contribution in [0.4, 0.5) is 0 Å². The molecule has 0 spiro atoms. The summed E-state index contributed by atoms with van der Waals surface area (Å²) in [5.41, 5.74) is 1.12. The second kappa shape index (κ2) is 12.3. The molecular weight excluding hydrogens is 414 g/mol. The Morgan fingerprint density at radius 3 is 2.71 bits per heavy atom. The SMILES string of the molecule is COc1ccc(CNCCSc2nccn2C)cc1OC[C@@H](O)CN1CCN(C)CC1. The number of methoxy groups -OCH3 is 1. The van der Waals surface area contributed by atoms with Crippen molar-refractivity contribution < 1.29 is 14.6 Å². The number of thioether (sulfide) groups is 1. The predicted molar refractivity (Wildman–Crippen MR) is 124 cm³/mol. The van der Waals surface area contributed by atoms with Crippen molar-refractivity contribution in [2.45, 2.75) is 17.8 Å². The van der Waals surface area contributed by atoms with Crippen LogP contribution >= 0.6 is 11.8 Å². The molecule has 1 aromatic carbocycles. The van der Waals surface area contributed by atoms with Crippen LogP contribution in [0.15, 0.2) is 35.7 Å². The van der Waals surface area contributed by atoms with E-state index in [2.05, 4.69) is 27.1 Å². The minimum atomic E-state index is -0.530. The van der Waals surface area contributed by atoms with Gasteiger partial charge in [0.2, 0.25) is 0 Å². The molecule has 2 N–H and O–H groups in total. The van der Waals surface area contributed by atoms with Crippen molar-refractivity contribution in [2.24, 2.45) is 7.05 Å². The number of likely N-dealkylation sites (N-methyl/N-ethyl adjacent to an activating group) is 1. The summed E-state index contributed by atoms with van der Waals surface area (Å²) in [5, 5.41) is 14.9. The Labute approximate surface area is 189 Å². The van der Waals surface area contributed by atoms with E-state index in [1.165, 1.54) is 0 Å². The maximum absolute atomic E-state index is 10.4. The van der Waals surface area contributed by atoms with Gasteiger partial charge in [-0.2, -0.15) is 0 Å². The maximum Gasteiger partial charge on any atom is 0.167 e. The van der Waals surface area contributed by atoms with Gasteiger partial charge in [-0.3, -0.25) is 4.90 Å². The zero-order valence-corrected chi connectivity index (χ0v) is 19.6. The Morgan fingerprint density at radius 2 is 2.00 bits per heavy atom. The number of imidazole rings is 1. The van der Waals surface area contributed by atoms with E-state index >= 15 is 0 Å². The average molecular weight is 450 g/mol. The maximum atomic E-state index is 10.4. The van der Waals surface area contributed by atoms with Gasteiger partial charge in [0, 0.05) is 71.0 Å². The minimum Gasteiger partial charge on any atom is -0.493 e. The van der Waals surface area contributed by atoms with Gasteiger partial charge in [0.1, 0.15) is 12.7 Å². The van der Waals surface area contributed by atoms with Crippen LogP contribution in [0.2, 0.25) is 0 Å². The highest BCUT2D eigenvalue weighted by Crippen LogP contribution is 2.28. The second-order valence-electron chi connectivity index (χ2n) is 7.90. The molecular formula is C22H35N5O3S. The summed E-state index contributed by atoms with van der Waals surface area (Å²) in [6.45, 7) is 6.54. The topological polar surface area (TPSA) is 75.0 Å². The highest BCUT2D eigenvalue weighted by Gasteiger charge is 2.18.